The first-order valence-electron chi connectivity index (χ1n) is 6.86. The summed E-state index contributed by atoms with van der Waals surface area (Å²) in [5.41, 5.74) is 6.51. The van der Waals surface area contributed by atoms with Crippen molar-refractivity contribution in [1.29, 1.82) is 0 Å². The van der Waals surface area contributed by atoms with Gasteiger partial charge in [-0.15, -0.1) is 0 Å². The Kier molecular flexibility index (Phi) is 6.72. The third kappa shape index (κ3) is 4.96. The molecule has 0 aliphatic carbocycles. The van der Waals surface area contributed by atoms with Crippen molar-refractivity contribution in [3.63, 3.8) is 0 Å². The maximum atomic E-state index is 11.8. The monoisotopic (exact) mass is 324 g/mol. The molecule has 1 aromatic carbocycles. The smallest absolute Gasteiger partial charge is 0.270 e. The van der Waals surface area contributed by atoms with Gasteiger partial charge in [-0.3, -0.25) is 9.59 Å². The average molecular weight is 325 g/mol. The lowest BCUT2D eigenvalue weighted by molar-refractivity contribution is -0.123. The first-order valence-corrected chi connectivity index (χ1v) is 7.24. The van der Waals surface area contributed by atoms with E-state index in [0.29, 0.717) is 11.6 Å². The number of amides is 2. The highest BCUT2D eigenvalue weighted by Crippen LogP contribution is 2.14. The van der Waals surface area contributed by atoms with Crippen molar-refractivity contribution in [2.24, 2.45) is 11.7 Å². The largest absolute Gasteiger partial charge is 0.391 e. The summed E-state index contributed by atoms with van der Waals surface area (Å²) >= 11 is 6.08. The van der Waals surface area contributed by atoms with Crippen LogP contribution >= 0.6 is 11.6 Å². The Bertz CT molecular complexity index is 585. The molecular formula is C15H21ClN4O2. The molecule has 0 spiro atoms. The molecule has 0 saturated carbocycles. The highest BCUT2D eigenvalue weighted by Gasteiger charge is 2.15. The second-order valence-electron chi connectivity index (χ2n) is 4.96. The van der Waals surface area contributed by atoms with Gasteiger partial charge in [0.1, 0.15) is 11.5 Å². The molecule has 7 heteroatoms. The summed E-state index contributed by atoms with van der Waals surface area (Å²) in [5.74, 6) is -0.799. The minimum atomic E-state index is -0.481. The zero-order valence-electron chi connectivity index (χ0n) is 12.9. The molecule has 1 aromatic rings. The van der Waals surface area contributed by atoms with Crippen molar-refractivity contribution in [1.82, 2.24) is 16.0 Å². The number of likely N-dealkylation sites (N-methyl/N-ethyl adjacent to an activating group) is 1. The molecule has 5 N–H and O–H groups in total. The van der Waals surface area contributed by atoms with E-state index >= 15 is 0 Å². The summed E-state index contributed by atoms with van der Waals surface area (Å²) in [4.78, 5) is 23.5. The van der Waals surface area contributed by atoms with Crippen LogP contribution in [0, 0.1) is 5.92 Å². The van der Waals surface area contributed by atoms with Gasteiger partial charge in [0.15, 0.2) is 0 Å². The molecule has 0 aliphatic heterocycles. The van der Waals surface area contributed by atoms with E-state index < -0.39 is 5.91 Å². The molecule has 22 heavy (non-hydrogen) atoms. The van der Waals surface area contributed by atoms with E-state index in [0.717, 1.165) is 5.56 Å². The third-order valence-corrected chi connectivity index (χ3v) is 3.30. The standard InChI is InChI=1S/C15H21ClN4O2/c1-9(2)14(21)20-13(12(17)15(22)18-3)19-8-10-6-4-5-7-11(10)16/h4-7,9,19H,8,17H2,1-3H3,(H,18,22)(H,20,21)/b13-12+. The number of nitrogens with one attached hydrogen (secondary N) is 3. The van der Waals surface area contributed by atoms with Gasteiger partial charge < -0.3 is 21.7 Å². The van der Waals surface area contributed by atoms with Gasteiger partial charge in [-0.25, -0.2) is 0 Å². The Hall–Kier alpha value is -2.21. The summed E-state index contributed by atoms with van der Waals surface area (Å²) in [6.07, 6.45) is 0. The number of nitrogens with two attached hydrogens (primary N) is 1. The topological polar surface area (TPSA) is 96.2 Å². The summed E-state index contributed by atoms with van der Waals surface area (Å²) in [5, 5.41) is 8.58. The number of benzene rings is 1. The molecule has 6 nitrogen and oxygen atoms in total. The van der Waals surface area contributed by atoms with E-state index in [1.165, 1.54) is 7.05 Å². The number of hydrogen-bond donors (Lipinski definition) is 4. The Labute approximate surface area is 135 Å². The van der Waals surface area contributed by atoms with Gasteiger partial charge >= 0.3 is 0 Å². The molecule has 0 radical (unpaired) electrons. The Morgan fingerprint density at radius 3 is 2.45 bits per heavy atom. The molecule has 2 amide bonds. The predicted octanol–water partition coefficient (Wildman–Crippen LogP) is 1.08. The molecule has 1 rings (SSSR count). The molecule has 120 valence electrons. The van der Waals surface area contributed by atoms with Gasteiger partial charge in [-0.2, -0.15) is 0 Å². The van der Waals surface area contributed by atoms with Crippen molar-refractivity contribution in [2.45, 2.75) is 20.4 Å². The van der Waals surface area contributed by atoms with Crippen LogP contribution in [-0.2, 0) is 16.1 Å². The van der Waals surface area contributed by atoms with Crippen LogP contribution in [0.5, 0.6) is 0 Å². The lowest BCUT2D eigenvalue weighted by Gasteiger charge is -2.17. The van der Waals surface area contributed by atoms with Crippen LogP contribution in [0.15, 0.2) is 35.8 Å². The molecular weight excluding hydrogens is 304 g/mol. The Morgan fingerprint density at radius 2 is 1.91 bits per heavy atom. The fourth-order valence-electron chi connectivity index (χ4n) is 1.55. The Balaban J connectivity index is 2.94. The third-order valence-electron chi connectivity index (χ3n) is 2.93. The van der Waals surface area contributed by atoms with Crippen LogP contribution in [0.3, 0.4) is 0 Å². The van der Waals surface area contributed by atoms with Gasteiger partial charge in [0.05, 0.1) is 0 Å². The molecule has 0 aliphatic rings. The second-order valence-corrected chi connectivity index (χ2v) is 5.36. The van der Waals surface area contributed by atoms with Crippen LogP contribution in [0.1, 0.15) is 19.4 Å². The lowest BCUT2D eigenvalue weighted by Crippen LogP contribution is -2.39. The quantitative estimate of drug-likeness (QED) is 0.589. The SMILES string of the molecule is CNC(=O)/C(N)=C(/NCc1ccccc1Cl)NC(=O)C(C)C. The van der Waals surface area contributed by atoms with Crippen molar-refractivity contribution in [2.75, 3.05) is 7.05 Å². The molecule has 0 heterocycles. The van der Waals surface area contributed by atoms with E-state index in [1.54, 1.807) is 19.9 Å². The summed E-state index contributed by atoms with van der Waals surface area (Å²) < 4.78 is 0. The van der Waals surface area contributed by atoms with E-state index in [-0.39, 0.29) is 23.3 Å². The number of carbonyl (C=O) groups is 2. The number of hydrogen-bond acceptors (Lipinski definition) is 4. The minimum absolute atomic E-state index is 0.0939. The summed E-state index contributed by atoms with van der Waals surface area (Å²) in [6, 6.07) is 7.27. The summed E-state index contributed by atoms with van der Waals surface area (Å²) in [7, 11) is 1.46. The van der Waals surface area contributed by atoms with Gasteiger partial charge in [0, 0.05) is 24.5 Å². The molecule has 0 atom stereocenters. The number of rotatable bonds is 6. The van der Waals surface area contributed by atoms with Crippen molar-refractivity contribution >= 4 is 23.4 Å². The Morgan fingerprint density at radius 1 is 1.27 bits per heavy atom. The van der Waals surface area contributed by atoms with Gasteiger partial charge in [0.2, 0.25) is 5.91 Å². The van der Waals surface area contributed by atoms with Crippen LogP contribution in [-0.4, -0.2) is 18.9 Å². The maximum Gasteiger partial charge on any atom is 0.270 e. The first kappa shape index (κ1) is 17.8. The van der Waals surface area contributed by atoms with Crippen LogP contribution in [0.25, 0.3) is 0 Å². The fraction of sp³-hybridized carbons (Fsp3) is 0.333. The van der Waals surface area contributed by atoms with E-state index in [1.807, 2.05) is 18.2 Å². The van der Waals surface area contributed by atoms with E-state index in [9.17, 15) is 9.59 Å². The van der Waals surface area contributed by atoms with Crippen LogP contribution in [0.2, 0.25) is 5.02 Å². The molecule has 0 aromatic heterocycles. The average Bonchev–Trinajstić information content (AvgIpc) is 2.50. The first-order chi connectivity index (χ1) is 10.4. The maximum absolute atomic E-state index is 11.8. The molecule has 0 bridgehead atoms. The normalized spacial score (nSPS) is 11.7. The van der Waals surface area contributed by atoms with Gasteiger partial charge in [-0.1, -0.05) is 43.6 Å². The van der Waals surface area contributed by atoms with Gasteiger partial charge in [0.25, 0.3) is 5.91 Å². The molecule has 0 fully saturated rings. The highest BCUT2D eigenvalue weighted by atomic mass is 35.5. The van der Waals surface area contributed by atoms with E-state index in [2.05, 4.69) is 16.0 Å². The zero-order valence-corrected chi connectivity index (χ0v) is 13.6. The molecule has 0 unspecified atom stereocenters. The van der Waals surface area contributed by atoms with Crippen LogP contribution in [0.4, 0.5) is 0 Å². The van der Waals surface area contributed by atoms with Crippen LogP contribution < -0.4 is 21.7 Å². The number of halogens is 1. The second kappa shape index (κ2) is 8.29. The number of carbonyl (C=O) groups excluding carboxylic acids is 2. The minimum Gasteiger partial charge on any atom is -0.391 e. The van der Waals surface area contributed by atoms with Crippen molar-refractivity contribution in [3.05, 3.63) is 46.4 Å². The lowest BCUT2D eigenvalue weighted by atomic mass is 10.2. The molecule has 0 saturated heterocycles. The van der Waals surface area contributed by atoms with Crippen molar-refractivity contribution < 1.29 is 9.59 Å². The predicted molar refractivity (Wildman–Crippen MR) is 86.6 cm³/mol. The highest BCUT2D eigenvalue weighted by molar-refractivity contribution is 6.31. The fourth-order valence-corrected chi connectivity index (χ4v) is 1.75. The van der Waals surface area contributed by atoms with Gasteiger partial charge in [-0.05, 0) is 11.6 Å². The zero-order chi connectivity index (χ0) is 16.7. The van der Waals surface area contributed by atoms with E-state index in [4.69, 9.17) is 17.3 Å². The summed E-state index contributed by atoms with van der Waals surface area (Å²) in [6.45, 7) is 3.82. The van der Waals surface area contributed by atoms with Crippen molar-refractivity contribution in [3.8, 4) is 0 Å².